The maximum atomic E-state index is 13.6. The van der Waals surface area contributed by atoms with Crippen molar-refractivity contribution >= 4 is 53.8 Å². The summed E-state index contributed by atoms with van der Waals surface area (Å²) in [5.74, 6) is -2.71. The number of hydrogen-bond donors (Lipinski definition) is 3. The zero-order valence-electron chi connectivity index (χ0n) is 30.4. The molecule has 0 saturated carbocycles. The van der Waals surface area contributed by atoms with Crippen molar-refractivity contribution in [3.8, 4) is 4.98 Å². The first-order valence-electron chi connectivity index (χ1n) is 13.6. The van der Waals surface area contributed by atoms with Gasteiger partial charge in [0.2, 0.25) is 0 Å². The summed E-state index contributed by atoms with van der Waals surface area (Å²) in [6.45, 7) is 29.7. The van der Waals surface area contributed by atoms with Crippen LogP contribution in [0.15, 0.2) is 4.99 Å². The van der Waals surface area contributed by atoms with E-state index < -0.39 is 34.1 Å². The molecule has 0 aliphatic carbocycles. The van der Waals surface area contributed by atoms with E-state index in [2.05, 4.69) is 52.8 Å². The van der Waals surface area contributed by atoms with E-state index in [-0.39, 0.29) is 77.9 Å². The summed E-state index contributed by atoms with van der Waals surface area (Å²) in [6.07, 6.45) is 0. The van der Waals surface area contributed by atoms with E-state index in [1.165, 1.54) is 41.5 Å². The average molecular weight is 1240 g/mol. The zero-order chi connectivity index (χ0) is 36.7. The van der Waals surface area contributed by atoms with Crippen LogP contribution in [0.2, 0.25) is 0 Å². The van der Waals surface area contributed by atoms with Crippen molar-refractivity contribution in [3.63, 3.8) is 0 Å². The molecule has 1 rings (SSSR count). The molecule has 15 heteroatoms. The standard InChI is InChI=1S/C8H14F2N2O.C7H15F2NO.5C2H6.CBrN.2CH3Br.4CH4.2W/c1-6(2)8(9,10)7(3,4)13-5(11)12-6;1-5(2,10)7(8,9)6(3,4)11;5*1-2;2-1-3;2*1-2;;;;;;/h1-4H3,(H2,11,12);11H,10H2,1-4H3;5*1-2H3;;2*1H3;4*1H4;;. The minimum absolute atomic E-state index is 0. The van der Waals surface area contributed by atoms with E-state index in [0.717, 1.165) is 13.8 Å². The second kappa shape index (κ2) is 54.0. The van der Waals surface area contributed by atoms with Crippen molar-refractivity contribution in [2.24, 2.45) is 16.5 Å². The van der Waals surface area contributed by atoms with Crippen LogP contribution in [-0.2, 0) is 46.9 Å². The number of aliphatic imine (C=N–C) groups is 1. The molecule has 0 fully saturated rings. The van der Waals surface area contributed by atoms with Crippen LogP contribution in [0, 0.1) is 10.2 Å². The number of halogens is 7. The van der Waals surface area contributed by atoms with Gasteiger partial charge in [0.25, 0.3) is 11.9 Å². The van der Waals surface area contributed by atoms with Gasteiger partial charge in [0.15, 0.2) is 5.60 Å². The molecule has 0 atom stereocenters. The van der Waals surface area contributed by atoms with E-state index in [1.54, 1.807) is 4.98 Å². The van der Waals surface area contributed by atoms with Crippen LogP contribution in [0.1, 0.15) is 154 Å². The third-order valence-corrected chi connectivity index (χ3v) is 3.85. The first-order valence-corrected chi connectivity index (χ1v) is 17.5. The molecule has 0 radical (unpaired) electrons. The van der Waals surface area contributed by atoms with Gasteiger partial charge in [0.05, 0.1) is 5.54 Å². The summed E-state index contributed by atoms with van der Waals surface area (Å²) in [7, 11) is 0. The van der Waals surface area contributed by atoms with Crippen LogP contribution in [0.25, 0.3) is 0 Å². The molecule has 47 heavy (non-hydrogen) atoms. The van der Waals surface area contributed by atoms with E-state index in [4.69, 9.17) is 26.6 Å². The number of nitrogens with zero attached hydrogens (tertiary/aromatic N) is 2. The third kappa shape index (κ3) is 43.3. The monoisotopic (exact) mass is 1230 g/mol. The summed E-state index contributed by atoms with van der Waals surface area (Å²) < 4.78 is 58.2. The van der Waals surface area contributed by atoms with Gasteiger partial charge in [-0.15, -0.1) is 0 Å². The molecule has 302 valence electrons. The Morgan fingerprint density at radius 1 is 0.745 bits per heavy atom. The SMILES string of the molecule is C.C.C.C.CBr.CBr.CC.CC.CC.CC.CC.CC(C)(N)C(F)(F)C(C)(C)O.CC1(C)N=C(N)OC(C)(C)C1(F)F.N#CBr.[W].[W]. The molecule has 1 aliphatic heterocycles. The van der Waals surface area contributed by atoms with Gasteiger partial charge in [-0.3, -0.25) is 0 Å². The first-order chi connectivity index (χ1) is 18.5. The second-order valence-corrected chi connectivity index (χ2v) is 8.49. The number of ether oxygens (including phenoxy) is 1. The predicted molar refractivity (Wildman–Crippen MR) is 213 cm³/mol. The number of nitrogens with two attached hydrogens (primary N) is 2. The Labute approximate surface area is 347 Å². The molecule has 0 spiro atoms. The first kappa shape index (κ1) is 97.4. The van der Waals surface area contributed by atoms with E-state index in [1.807, 2.05) is 80.9 Å². The van der Waals surface area contributed by atoms with Gasteiger partial charge in [0, 0.05) is 58.1 Å². The Morgan fingerprint density at radius 3 is 1.04 bits per heavy atom. The Kier molecular flexibility index (Phi) is 112. The van der Waals surface area contributed by atoms with Gasteiger partial charge in [-0.05, 0) is 67.1 Å². The van der Waals surface area contributed by atoms with Crippen molar-refractivity contribution in [3.05, 3.63) is 0 Å². The molecule has 0 aromatic carbocycles. The van der Waals surface area contributed by atoms with Crippen molar-refractivity contribution in [2.75, 3.05) is 11.7 Å². The maximum absolute atomic E-state index is 13.6. The Morgan fingerprint density at radius 2 is 0.936 bits per heavy atom. The minimum Gasteiger partial charge on any atom is -0.453 e. The van der Waals surface area contributed by atoms with Crippen molar-refractivity contribution < 1.29 is 69.5 Å². The molecular formula is C32H81Br3F4N4O2W2. The smallest absolute Gasteiger partial charge is 0.310 e. The van der Waals surface area contributed by atoms with Crippen molar-refractivity contribution in [2.45, 2.75) is 188 Å². The van der Waals surface area contributed by atoms with Gasteiger partial charge in [0.1, 0.15) is 16.1 Å². The molecule has 0 bridgehead atoms. The summed E-state index contributed by atoms with van der Waals surface area (Å²) in [5, 5.41) is 16.3. The van der Waals surface area contributed by atoms with Crippen molar-refractivity contribution in [1.82, 2.24) is 0 Å². The summed E-state index contributed by atoms with van der Waals surface area (Å²) in [6, 6.07) is -0.180. The van der Waals surface area contributed by atoms with Crippen LogP contribution in [-0.4, -0.2) is 56.9 Å². The Balaban J connectivity index is -0.0000000212. The number of rotatable bonds is 2. The average Bonchev–Trinajstić information content (AvgIpc) is 2.90. The third-order valence-electron chi connectivity index (χ3n) is 3.85. The summed E-state index contributed by atoms with van der Waals surface area (Å²) in [5.41, 5.74) is 3.59. The van der Waals surface area contributed by atoms with Crippen LogP contribution >= 0.6 is 47.8 Å². The molecule has 5 N–H and O–H groups in total. The summed E-state index contributed by atoms with van der Waals surface area (Å²) in [4.78, 5) is 5.15. The van der Waals surface area contributed by atoms with Gasteiger partial charge in [-0.1, -0.05) is 131 Å². The van der Waals surface area contributed by atoms with Crippen LogP contribution in [0.4, 0.5) is 17.6 Å². The number of alkyl halides is 6. The largest absolute Gasteiger partial charge is 0.453 e. The molecule has 0 aromatic rings. The molecule has 1 heterocycles. The fourth-order valence-corrected chi connectivity index (χ4v) is 2.22. The van der Waals surface area contributed by atoms with Crippen LogP contribution in [0.5, 0.6) is 0 Å². The second-order valence-electron chi connectivity index (χ2n) is 8.14. The topological polar surface area (TPSA) is 118 Å². The van der Waals surface area contributed by atoms with Gasteiger partial charge in [-0.2, -0.15) is 14.0 Å². The molecule has 0 amide bonds. The van der Waals surface area contributed by atoms with Crippen LogP contribution < -0.4 is 11.5 Å². The zero-order valence-corrected chi connectivity index (χ0v) is 41.0. The van der Waals surface area contributed by atoms with E-state index >= 15 is 0 Å². The molecule has 1 aliphatic rings. The van der Waals surface area contributed by atoms with E-state index in [0.29, 0.717) is 0 Å². The quantitative estimate of drug-likeness (QED) is 0.188. The molecule has 0 unspecified atom stereocenters. The Hall–Kier alpha value is 1.22. The van der Waals surface area contributed by atoms with Crippen LogP contribution in [0.3, 0.4) is 0 Å². The molecule has 6 nitrogen and oxygen atoms in total. The molecular weight excluding hydrogens is 1160 g/mol. The van der Waals surface area contributed by atoms with Gasteiger partial charge >= 0.3 is 5.92 Å². The molecule has 0 aromatic heterocycles. The minimum atomic E-state index is -3.29. The maximum Gasteiger partial charge on any atom is 0.310 e. The number of aliphatic hydroxyl groups is 1. The predicted octanol–water partition coefficient (Wildman–Crippen LogP) is 13.2. The summed E-state index contributed by atoms with van der Waals surface area (Å²) >= 11 is 8.33. The van der Waals surface area contributed by atoms with E-state index in [9.17, 15) is 17.6 Å². The number of amidine groups is 1. The fourth-order valence-electron chi connectivity index (χ4n) is 2.22. The fraction of sp³-hybridized carbons (Fsp3) is 0.938. The van der Waals surface area contributed by atoms with Gasteiger partial charge < -0.3 is 21.3 Å². The number of hydrogen-bond acceptors (Lipinski definition) is 6. The number of nitriles is 1. The Bertz CT molecular complexity index is 588. The van der Waals surface area contributed by atoms with Crippen molar-refractivity contribution in [1.29, 1.82) is 5.26 Å². The normalized spacial score (nSPS) is 12.6. The molecule has 0 saturated heterocycles. The van der Waals surface area contributed by atoms with Gasteiger partial charge in [-0.25, -0.2) is 13.8 Å².